The van der Waals surface area contributed by atoms with E-state index in [1.54, 1.807) is 4.68 Å². The van der Waals surface area contributed by atoms with Gasteiger partial charge in [-0.15, -0.1) is 0 Å². The van der Waals surface area contributed by atoms with E-state index < -0.39 is 0 Å². The lowest BCUT2D eigenvalue weighted by Gasteiger charge is -2.07. The fourth-order valence-electron chi connectivity index (χ4n) is 3.46. The van der Waals surface area contributed by atoms with Crippen molar-refractivity contribution in [1.29, 1.82) is 0 Å². The first-order valence-corrected chi connectivity index (χ1v) is 9.42. The van der Waals surface area contributed by atoms with E-state index in [0.29, 0.717) is 0 Å². The molecule has 1 aromatic carbocycles. The summed E-state index contributed by atoms with van der Waals surface area (Å²) in [5.41, 5.74) is 4.70. The Bertz CT molecular complexity index is 1140. The molecule has 0 saturated carbocycles. The Morgan fingerprint density at radius 1 is 1.11 bits per heavy atom. The van der Waals surface area contributed by atoms with Crippen molar-refractivity contribution in [1.82, 2.24) is 19.3 Å². The Labute approximate surface area is 163 Å². The summed E-state index contributed by atoms with van der Waals surface area (Å²) in [4.78, 5) is 17.3. The van der Waals surface area contributed by atoms with Crippen LogP contribution in [0.2, 0.25) is 0 Å². The van der Waals surface area contributed by atoms with Crippen molar-refractivity contribution in [3.63, 3.8) is 0 Å². The summed E-state index contributed by atoms with van der Waals surface area (Å²) in [6.07, 6.45) is 4.82. The third-order valence-electron chi connectivity index (χ3n) is 4.77. The second-order valence-electron chi connectivity index (χ2n) is 6.95. The number of hydrogen-bond acceptors (Lipinski definition) is 3. The van der Waals surface area contributed by atoms with Gasteiger partial charge in [-0.3, -0.25) is 4.79 Å². The summed E-state index contributed by atoms with van der Waals surface area (Å²) < 4.78 is 3.63. The largest absolute Gasteiger partial charge is 0.324 e. The molecule has 0 aliphatic carbocycles. The Hall–Kier alpha value is -3.41. The van der Waals surface area contributed by atoms with Gasteiger partial charge in [-0.25, -0.2) is 9.67 Å². The van der Waals surface area contributed by atoms with Crippen molar-refractivity contribution in [2.75, 3.05) is 5.32 Å². The quantitative estimate of drug-likeness (QED) is 0.574. The van der Waals surface area contributed by atoms with E-state index >= 15 is 0 Å². The van der Waals surface area contributed by atoms with E-state index in [4.69, 9.17) is 5.10 Å². The number of benzene rings is 1. The van der Waals surface area contributed by atoms with Gasteiger partial charge in [-0.1, -0.05) is 19.1 Å². The maximum absolute atomic E-state index is 12.7. The number of amides is 1. The number of aryl methyl sites for hydroxylation is 3. The Morgan fingerprint density at radius 2 is 1.89 bits per heavy atom. The smallest absolute Gasteiger partial charge is 0.246 e. The predicted octanol–water partition coefficient (Wildman–Crippen LogP) is 4.04. The number of nitrogens with one attached hydrogen (secondary N) is 1. The normalized spacial score (nSPS) is 11.1. The number of pyridine rings is 1. The van der Waals surface area contributed by atoms with Crippen molar-refractivity contribution in [2.24, 2.45) is 0 Å². The number of carbonyl (C=O) groups is 1. The topological polar surface area (TPSA) is 64.7 Å². The maximum atomic E-state index is 12.7. The molecule has 4 rings (SSSR count). The Kier molecular flexibility index (Phi) is 4.69. The van der Waals surface area contributed by atoms with Gasteiger partial charge in [0.15, 0.2) is 11.5 Å². The number of anilines is 1. The van der Waals surface area contributed by atoms with Crippen LogP contribution >= 0.6 is 0 Å². The van der Waals surface area contributed by atoms with Gasteiger partial charge in [0.2, 0.25) is 5.91 Å². The van der Waals surface area contributed by atoms with Gasteiger partial charge in [0.1, 0.15) is 6.54 Å². The SMILES string of the molecule is CCc1cccc(NC(=O)Cn2nc(-n3cccc3)c3c(C)cc(C)nc32)c1. The van der Waals surface area contributed by atoms with Crippen molar-refractivity contribution in [3.05, 3.63) is 71.7 Å². The molecule has 3 heterocycles. The predicted molar refractivity (Wildman–Crippen MR) is 111 cm³/mol. The second kappa shape index (κ2) is 7.31. The zero-order chi connectivity index (χ0) is 19.7. The van der Waals surface area contributed by atoms with E-state index in [-0.39, 0.29) is 12.5 Å². The second-order valence-corrected chi connectivity index (χ2v) is 6.95. The molecule has 1 amide bonds. The fraction of sp³-hybridized carbons (Fsp3) is 0.227. The molecule has 0 aliphatic heterocycles. The molecule has 142 valence electrons. The molecule has 3 aromatic heterocycles. The van der Waals surface area contributed by atoms with Crippen LogP contribution in [0.4, 0.5) is 5.69 Å². The molecule has 0 saturated heterocycles. The lowest BCUT2D eigenvalue weighted by Crippen LogP contribution is -2.20. The number of nitrogens with zero attached hydrogens (tertiary/aromatic N) is 4. The molecule has 0 bridgehead atoms. The average molecular weight is 373 g/mol. The van der Waals surface area contributed by atoms with Crippen LogP contribution in [0.25, 0.3) is 16.9 Å². The first kappa shape index (κ1) is 18.0. The number of rotatable bonds is 5. The lowest BCUT2D eigenvalue weighted by molar-refractivity contribution is -0.116. The van der Waals surface area contributed by atoms with E-state index in [2.05, 4.69) is 23.3 Å². The van der Waals surface area contributed by atoms with Crippen LogP contribution in [0.5, 0.6) is 0 Å². The highest BCUT2D eigenvalue weighted by Gasteiger charge is 2.18. The minimum Gasteiger partial charge on any atom is -0.324 e. The summed E-state index contributed by atoms with van der Waals surface area (Å²) in [5, 5.41) is 8.63. The van der Waals surface area contributed by atoms with Crippen LogP contribution < -0.4 is 5.32 Å². The van der Waals surface area contributed by atoms with Crippen molar-refractivity contribution >= 4 is 22.6 Å². The lowest BCUT2D eigenvalue weighted by atomic mass is 10.1. The van der Waals surface area contributed by atoms with Crippen molar-refractivity contribution < 1.29 is 4.79 Å². The molecule has 0 aliphatic rings. The minimum atomic E-state index is -0.127. The number of hydrogen-bond donors (Lipinski definition) is 1. The molecule has 1 N–H and O–H groups in total. The molecule has 0 fully saturated rings. The van der Waals surface area contributed by atoms with Crippen LogP contribution in [0.1, 0.15) is 23.7 Å². The van der Waals surface area contributed by atoms with E-state index in [1.807, 2.05) is 67.2 Å². The van der Waals surface area contributed by atoms with E-state index in [1.165, 1.54) is 5.56 Å². The standard InChI is InChI=1S/C22H23N5O/c1-4-17-8-7-9-18(13-17)24-19(28)14-27-21-20(15(2)12-16(3)23-21)22(25-27)26-10-5-6-11-26/h5-13H,4,14H2,1-3H3,(H,24,28). The fourth-order valence-corrected chi connectivity index (χ4v) is 3.46. The van der Waals surface area contributed by atoms with Gasteiger partial charge in [0.05, 0.1) is 5.39 Å². The Balaban J connectivity index is 1.69. The highest BCUT2D eigenvalue weighted by atomic mass is 16.2. The molecular weight excluding hydrogens is 350 g/mol. The van der Waals surface area contributed by atoms with Gasteiger partial charge >= 0.3 is 0 Å². The van der Waals surface area contributed by atoms with Gasteiger partial charge in [-0.05, 0) is 61.7 Å². The molecule has 0 radical (unpaired) electrons. The highest BCUT2D eigenvalue weighted by Crippen LogP contribution is 2.25. The Morgan fingerprint density at radius 3 is 2.64 bits per heavy atom. The summed E-state index contributed by atoms with van der Waals surface area (Å²) >= 11 is 0. The monoisotopic (exact) mass is 373 g/mol. The molecule has 6 heteroatoms. The molecule has 4 aromatic rings. The summed E-state index contributed by atoms with van der Waals surface area (Å²) in [6, 6.07) is 13.8. The molecule has 0 atom stereocenters. The third-order valence-corrected chi connectivity index (χ3v) is 4.77. The van der Waals surface area contributed by atoms with Gasteiger partial charge < -0.3 is 9.88 Å². The van der Waals surface area contributed by atoms with Crippen LogP contribution in [-0.2, 0) is 17.8 Å². The minimum absolute atomic E-state index is 0.101. The van der Waals surface area contributed by atoms with Crippen molar-refractivity contribution in [2.45, 2.75) is 33.7 Å². The van der Waals surface area contributed by atoms with Crippen LogP contribution in [0, 0.1) is 13.8 Å². The van der Waals surface area contributed by atoms with Crippen molar-refractivity contribution in [3.8, 4) is 5.82 Å². The summed E-state index contributed by atoms with van der Waals surface area (Å²) in [6.45, 7) is 6.20. The van der Waals surface area contributed by atoms with Gasteiger partial charge in [0.25, 0.3) is 0 Å². The first-order valence-electron chi connectivity index (χ1n) is 9.42. The average Bonchev–Trinajstić information content (AvgIpc) is 3.30. The molecule has 28 heavy (non-hydrogen) atoms. The van der Waals surface area contributed by atoms with Crippen LogP contribution in [0.3, 0.4) is 0 Å². The number of fused-ring (bicyclic) bond motifs is 1. The molecule has 6 nitrogen and oxygen atoms in total. The zero-order valence-corrected chi connectivity index (χ0v) is 16.3. The molecule has 0 spiro atoms. The van der Waals surface area contributed by atoms with Crippen LogP contribution in [0.15, 0.2) is 54.9 Å². The summed E-state index contributed by atoms with van der Waals surface area (Å²) in [7, 11) is 0. The number of carbonyl (C=O) groups excluding carboxylic acids is 1. The van der Waals surface area contributed by atoms with E-state index in [9.17, 15) is 4.79 Å². The van der Waals surface area contributed by atoms with E-state index in [0.717, 1.165) is 40.2 Å². The first-order chi connectivity index (χ1) is 13.5. The third kappa shape index (κ3) is 3.41. The summed E-state index contributed by atoms with van der Waals surface area (Å²) in [5.74, 6) is 0.656. The van der Waals surface area contributed by atoms with Crippen LogP contribution in [-0.4, -0.2) is 25.2 Å². The maximum Gasteiger partial charge on any atom is 0.246 e. The van der Waals surface area contributed by atoms with Gasteiger partial charge in [0, 0.05) is 23.8 Å². The molecule has 0 unspecified atom stereocenters. The number of aromatic nitrogens is 4. The molecular formula is C22H23N5O. The highest BCUT2D eigenvalue weighted by molar-refractivity contribution is 5.93. The van der Waals surface area contributed by atoms with Gasteiger partial charge in [-0.2, -0.15) is 5.10 Å². The zero-order valence-electron chi connectivity index (χ0n) is 16.3.